The molecule has 1 amide bonds. The van der Waals surface area contributed by atoms with Gasteiger partial charge in [-0.05, 0) is 54.4 Å². The first kappa shape index (κ1) is 24.4. The molecular weight excluding hydrogens is 520 g/mol. The van der Waals surface area contributed by atoms with Gasteiger partial charge in [0.05, 0.1) is 39.4 Å². The first-order valence-electron chi connectivity index (χ1n) is 10.00. The lowest BCUT2D eigenvalue weighted by molar-refractivity contribution is -0.132. The Bertz CT molecular complexity index is 1370. The molecule has 0 bridgehead atoms. The highest BCUT2D eigenvalue weighted by atomic mass is 35.5. The third-order valence-electron chi connectivity index (χ3n) is 5.45. The number of anilines is 1. The van der Waals surface area contributed by atoms with Crippen LogP contribution in [0.2, 0.25) is 20.1 Å². The van der Waals surface area contributed by atoms with E-state index < -0.39 is 23.5 Å². The number of methoxy groups -OCH3 is 1. The maximum atomic E-state index is 13.3. The minimum absolute atomic E-state index is 0.0762. The minimum Gasteiger partial charge on any atom is -0.507 e. The zero-order valence-corrected chi connectivity index (χ0v) is 20.9. The molecule has 1 N–H and O–H groups in total. The number of carbonyl (C=O) groups is 2. The van der Waals surface area contributed by atoms with Crippen LogP contribution in [0.5, 0.6) is 5.75 Å². The number of carbonyl (C=O) groups excluding carboxylic acids is 2. The molecule has 174 valence electrons. The van der Waals surface area contributed by atoms with Crippen molar-refractivity contribution in [3.63, 3.8) is 0 Å². The van der Waals surface area contributed by atoms with E-state index in [1.54, 1.807) is 36.4 Å². The number of ether oxygens (including phenoxy) is 1. The second-order valence-electron chi connectivity index (χ2n) is 7.65. The normalized spacial score (nSPS) is 17.4. The van der Waals surface area contributed by atoms with E-state index in [0.717, 1.165) is 5.56 Å². The Morgan fingerprint density at radius 1 is 0.941 bits per heavy atom. The van der Waals surface area contributed by atoms with Crippen molar-refractivity contribution in [2.24, 2.45) is 0 Å². The number of halogens is 4. The van der Waals surface area contributed by atoms with Gasteiger partial charge in [-0.2, -0.15) is 0 Å². The van der Waals surface area contributed by atoms with Gasteiger partial charge in [0.15, 0.2) is 0 Å². The zero-order valence-electron chi connectivity index (χ0n) is 17.9. The molecule has 3 aromatic rings. The fourth-order valence-electron chi connectivity index (χ4n) is 3.96. The van der Waals surface area contributed by atoms with Gasteiger partial charge in [0.25, 0.3) is 11.7 Å². The van der Waals surface area contributed by atoms with Gasteiger partial charge in [-0.1, -0.05) is 64.6 Å². The summed E-state index contributed by atoms with van der Waals surface area (Å²) in [5, 5.41) is 12.3. The molecule has 1 unspecified atom stereocenters. The summed E-state index contributed by atoms with van der Waals surface area (Å²) in [7, 11) is 1.37. The standard InChI is InChI=1S/C25H17Cl4NO4/c1-12-4-3-5-15(8-12)30-21(13-6-7-17(27)18(28)9-13)20(23(32)25(30)33)22(31)16-10-14(26)11-19(29)24(16)34-2/h3-11,21,31H,1-2H3/b22-20+. The van der Waals surface area contributed by atoms with Crippen LogP contribution in [0.15, 0.2) is 60.2 Å². The highest BCUT2D eigenvalue weighted by Gasteiger charge is 2.47. The van der Waals surface area contributed by atoms with Crippen LogP contribution in [-0.4, -0.2) is 23.9 Å². The Kier molecular flexibility index (Phi) is 6.83. The molecule has 5 nitrogen and oxygen atoms in total. The molecule has 3 aromatic carbocycles. The number of aliphatic hydroxyl groups excluding tert-OH is 1. The Balaban J connectivity index is 2.03. The summed E-state index contributed by atoms with van der Waals surface area (Å²) in [4.78, 5) is 27.9. The van der Waals surface area contributed by atoms with Crippen molar-refractivity contribution < 1.29 is 19.4 Å². The number of benzene rings is 3. The monoisotopic (exact) mass is 535 g/mol. The molecule has 9 heteroatoms. The summed E-state index contributed by atoms with van der Waals surface area (Å²) in [5.41, 5.74) is 1.75. The maximum absolute atomic E-state index is 13.3. The highest BCUT2D eigenvalue weighted by Crippen LogP contribution is 2.45. The van der Waals surface area contributed by atoms with Gasteiger partial charge in [-0.25, -0.2) is 0 Å². The van der Waals surface area contributed by atoms with Crippen LogP contribution in [0.4, 0.5) is 5.69 Å². The van der Waals surface area contributed by atoms with Crippen molar-refractivity contribution in [2.45, 2.75) is 13.0 Å². The van der Waals surface area contributed by atoms with Gasteiger partial charge < -0.3 is 9.84 Å². The third kappa shape index (κ3) is 4.25. The summed E-state index contributed by atoms with van der Waals surface area (Å²) in [5.74, 6) is -2.06. The molecule has 0 aromatic heterocycles. The second kappa shape index (κ2) is 9.51. The van der Waals surface area contributed by atoms with E-state index in [0.29, 0.717) is 16.3 Å². The lowest BCUT2D eigenvalue weighted by atomic mass is 9.94. The number of aliphatic hydroxyl groups is 1. The smallest absolute Gasteiger partial charge is 0.300 e. The van der Waals surface area contributed by atoms with Crippen LogP contribution >= 0.6 is 46.4 Å². The Labute approximate surface area is 216 Å². The van der Waals surface area contributed by atoms with Crippen molar-refractivity contribution in [3.05, 3.63) is 97.0 Å². The third-order valence-corrected chi connectivity index (χ3v) is 6.69. The van der Waals surface area contributed by atoms with E-state index in [9.17, 15) is 14.7 Å². The summed E-state index contributed by atoms with van der Waals surface area (Å²) in [6.45, 7) is 1.87. The van der Waals surface area contributed by atoms with Gasteiger partial charge in [0.1, 0.15) is 11.5 Å². The summed E-state index contributed by atoms with van der Waals surface area (Å²) in [6, 6.07) is 13.7. The van der Waals surface area contributed by atoms with Crippen molar-refractivity contribution in [2.75, 3.05) is 12.0 Å². The predicted molar refractivity (Wildman–Crippen MR) is 135 cm³/mol. The largest absolute Gasteiger partial charge is 0.507 e. The maximum Gasteiger partial charge on any atom is 0.300 e. The number of hydrogen-bond donors (Lipinski definition) is 1. The van der Waals surface area contributed by atoms with Crippen molar-refractivity contribution in [3.8, 4) is 5.75 Å². The summed E-state index contributed by atoms with van der Waals surface area (Å²) >= 11 is 24.8. The lowest BCUT2D eigenvalue weighted by Gasteiger charge is -2.26. The first-order chi connectivity index (χ1) is 16.1. The second-order valence-corrected chi connectivity index (χ2v) is 9.31. The Hall–Kier alpha value is -2.70. The molecule has 0 radical (unpaired) electrons. The summed E-state index contributed by atoms with van der Waals surface area (Å²) in [6.07, 6.45) is 0. The molecule has 4 rings (SSSR count). The molecule has 1 fully saturated rings. The number of hydrogen-bond acceptors (Lipinski definition) is 4. The van der Waals surface area contributed by atoms with Gasteiger partial charge in [0, 0.05) is 10.7 Å². The summed E-state index contributed by atoms with van der Waals surface area (Å²) < 4.78 is 5.34. The number of Topliss-reactive ketones (excluding diaryl/α,β-unsaturated/α-hetero) is 1. The van der Waals surface area contributed by atoms with Crippen LogP contribution in [-0.2, 0) is 9.59 Å². The lowest BCUT2D eigenvalue weighted by Crippen LogP contribution is -2.29. The van der Waals surface area contributed by atoms with E-state index in [1.807, 2.05) is 13.0 Å². The number of amides is 1. The number of aryl methyl sites for hydroxylation is 1. The molecule has 0 saturated carbocycles. The SMILES string of the molecule is COc1c(Cl)cc(Cl)cc1/C(O)=C1\C(=O)C(=O)N(c2cccc(C)c2)C1c1ccc(Cl)c(Cl)c1. The molecule has 0 spiro atoms. The fraction of sp³-hybridized carbons (Fsp3) is 0.120. The van der Waals surface area contributed by atoms with Crippen molar-refractivity contribution >= 4 is 69.5 Å². The van der Waals surface area contributed by atoms with Crippen LogP contribution in [0.3, 0.4) is 0 Å². The number of nitrogens with zero attached hydrogens (tertiary/aromatic N) is 1. The van der Waals surface area contributed by atoms with Gasteiger partial charge in [-0.3, -0.25) is 14.5 Å². The fourth-order valence-corrected chi connectivity index (χ4v) is 4.84. The van der Waals surface area contributed by atoms with Crippen LogP contribution in [0.1, 0.15) is 22.7 Å². The molecular formula is C25H17Cl4NO4. The van der Waals surface area contributed by atoms with E-state index in [1.165, 1.54) is 24.1 Å². The Morgan fingerprint density at radius 3 is 2.32 bits per heavy atom. The first-order valence-corrected chi connectivity index (χ1v) is 11.5. The minimum atomic E-state index is -1.00. The molecule has 1 aliphatic rings. The Morgan fingerprint density at radius 2 is 1.68 bits per heavy atom. The average molecular weight is 537 g/mol. The molecule has 0 aliphatic carbocycles. The van der Waals surface area contributed by atoms with Crippen molar-refractivity contribution in [1.82, 2.24) is 0 Å². The average Bonchev–Trinajstić information content (AvgIpc) is 3.05. The van der Waals surface area contributed by atoms with Crippen molar-refractivity contribution in [1.29, 1.82) is 0 Å². The van der Waals surface area contributed by atoms with Crippen LogP contribution < -0.4 is 9.64 Å². The molecule has 1 atom stereocenters. The van der Waals surface area contributed by atoms with Crippen LogP contribution in [0.25, 0.3) is 5.76 Å². The molecule has 1 saturated heterocycles. The quantitative estimate of drug-likeness (QED) is 0.217. The van der Waals surface area contributed by atoms with E-state index in [4.69, 9.17) is 51.1 Å². The predicted octanol–water partition coefficient (Wildman–Crippen LogP) is 7.24. The van der Waals surface area contributed by atoms with Crippen LogP contribution in [0, 0.1) is 6.92 Å². The topological polar surface area (TPSA) is 66.8 Å². The van der Waals surface area contributed by atoms with Gasteiger partial charge >= 0.3 is 0 Å². The van der Waals surface area contributed by atoms with Gasteiger partial charge in [-0.15, -0.1) is 0 Å². The van der Waals surface area contributed by atoms with Gasteiger partial charge in [0.2, 0.25) is 0 Å². The number of rotatable bonds is 4. The van der Waals surface area contributed by atoms with E-state index >= 15 is 0 Å². The molecule has 1 heterocycles. The van der Waals surface area contributed by atoms with E-state index in [2.05, 4.69) is 0 Å². The highest BCUT2D eigenvalue weighted by molar-refractivity contribution is 6.52. The van der Waals surface area contributed by atoms with E-state index in [-0.39, 0.29) is 32.0 Å². The zero-order chi connectivity index (χ0) is 24.7. The molecule has 1 aliphatic heterocycles. The number of ketones is 1. The molecule has 34 heavy (non-hydrogen) atoms.